The molecule has 0 unspecified atom stereocenters. The number of rotatable bonds is 2. The van der Waals surface area contributed by atoms with Crippen LogP contribution in [0.5, 0.6) is 0 Å². The number of carbonyl (C=O) groups excluding carboxylic acids is 1. The number of carbonyl (C=O) groups is 1. The molecule has 0 radical (unpaired) electrons. The molecule has 2 aromatic rings. The average Bonchev–Trinajstić information content (AvgIpc) is 2.29. The summed E-state index contributed by atoms with van der Waals surface area (Å²) in [6, 6.07) is 8.48. The van der Waals surface area contributed by atoms with Crippen molar-refractivity contribution in [2.75, 3.05) is 0 Å². The van der Waals surface area contributed by atoms with Crippen LogP contribution < -0.4 is 0 Å². The Bertz CT molecular complexity index is 569. The average molecular weight is 298 g/mol. The summed E-state index contributed by atoms with van der Waals surface area (Å²) in [5.74, 6) is -2.57. The van der Waals surface area contributed by atoms with Crippen molar-refractivity contribution in [3.8, 4) is 0 Å². The van der Waals surface area contributed by atoms with Crippen LogP contribution in [0.25, 0.3) is 0 Å². The zero-order valence-corrected chi connectivity index (χ0v) is 10.0. The molecule has 0 bridgehead atoms. The van der Waals surface area contributed by atoms with Gasteiger partial charge in [-0.3, -0.25) is 4.79 Å². The number of hydrogen-bond donors (Lipinski definition) is 0. The summed E-state index contributed by atoms with van der Waals surface area (Å²) in [7, 11) is 0. The normalized spacial score (nSPS) is 10.3. The van der Waals surface area contributed by atoms with E-state index in [0.29, 0.717) is 5.56 Å². The maximum atomic E-state index is 13.3. The highest BCUT2D eigenvalue weighted by atomic mass is 79.9. The van der Waals surface area contributed by atoms with Crippen LogP contribution in [0.2, 0.25) is 0 Å². The van der Waals surface area contributed by atoms with E-state index in [9.17, 15) is 13.6 Å². The molecule has 1 aromatic carbocycles. The van der Waals surface area contributed by atoms with Gasteiger partial charge in [0.1, 0.15) is 0 Å². The van der Waals surface area contributed by atoms with Crippen molar-refractivity contribution >= 4 is 21.7 Å². The molecule has 0 saturated carbocycles. The lowest BCUT2D eigenvalue weighted by Gasteiger charge is -2.02. The van der Waals surface area contributed by atoms with Gasteiger partial charge in [-0.1, -0.05) is 15.9 Å². The molecule has 0 spiro atoms. The van der Waals surface area contributed by atoms with Gasteiger partial charge in [-0.2, -0.15) is 13.8 Å². The number of pyridine rings is 1. The molecule has 0 aliphatic carbocycles. The van der Waals surface area contributed by atoms with Gasteiger partial charge in [0.2, 0.25) is 11.9 Å². The SMILES string of the molecule is O=C(c1ccc(Br)cc1)c1ccc(F)nc1F. The molecule has 2 rings (SSSR count). The van der Waals surface area contributed by atoms with Crippen LogP contribution in [-0.2, 0) is 0 Å². The van der Waals surface area contributed by atoms with Crippen molar-refractivity contribution in [2.45, 2.75) is 0 Å². The summed E-state index contributed by atoms with van der Waals surface area (Å²) in [5, 5.41) is 0. The molecule has 0 saturated heterocycles. The quantitative estimate of drug-likeness (QED) is 0.628. The van der Waals surface area contributed by atoms with E-state index in [1.54, 1.807) is 24.3 Å². The lowest BCUT2D eigenvalue weighted by Crippen LogP contribution is -2.06. The Hall–Kier alpha value is -1.62. The Morgan fingerprint density at radius 2 is 1.71 bits per heavy atom. The smallest absolute Gasteiger partial charge is 0.226 e. The third-order valence-electron chi connectivity index (χ3n) is 2.17. The first-order valence-electron chi connectivity index (χ1n) is 4.70. The number of nitrogens with zero attached hydrogens (tertiary/aromatic N) is 1. The van der Waals surface area contributed by atoms with Gasteiger partial charge >= 0.3 is 0 Å². The maximum absolute atomic E-state index is 13.3. The molecule has 2 nitrogen and oxygen atoms in total. The number of benzene rings is 1. The Kier molecular flexibility index (Phi) is 3.28. The predicted molar refractivity (Wildman–Crippen MR) is 61.7 cm³/mol. The van der Waals surface area contributed by atoms with E-state index in [0.717, 1.165) is 16.6 Å². The summed E-state index contributed by atoms with van der Waals surface area (Å²) in [6.45, 7) is 0. The molecular weight excluding hydrogens is 292 g/mol. The Balaban J connectivity index is 2.40. The van der Waals surface area contributed by atoms with Crippen LogP contribution in [0.15, 0.2) is 40.9 Å². The van der Waals surface area contributed by atoms with Crippen molar-refractivity contribution in [3.05, 3.63) is 63.9 Å². The number of halogens is 3. The van der Waals surface area contributed by atoms with Crippen molar-refractivity contribution < 1.29 is 13.6 Å². The summed E-state index contributed by atoms with van der Waals surface area (Å²) >= 11 is 3.23. The maximum Gasteiger partial charge on any atom is 0.226 e. The minimum atomic E-state index is -1.10. The van der Waals surface area contributed by atoms with E-state index in [4.69, 9.17) is 0 Å². The molecule has 0 N–H and O–H groups in total. The largest absolute Gasteiger partial charge is 0.288 e. The van der Waals surface area contributed by atoms with E-state index in [2.05, 4.69) is 20.9 Å². The van der Waals surface area contributed by atoms with Gasteiger partial charge in [0.25, 0.3) is 0 Å². The second kappa shape index (κ2) is 4.71. The van der Waals surface area contributed by atoms with Gasteiger partial charge in [-0.25, -0.2) is 0 Å². The Morgan fingerprint density at radius 1 is 1.06 bits per heavy atom. The number of hydrogen-bond acceptors (Lipinski definition) is 2. The summed E-state index contributed by atoms with van der Waals surface area (Å²) < 4.78 is 26.7. The highest BCUT2D eigenvalue weighted by molar-refractivity contribution is 9.10. The third-order valence-corrected chi connectivity index (χ3v) is 2.69. The van der Waals surface area contributed by atoms with Crippen LogP contribution in [0.1, 0.15) is 15.9 Å². The fourth-order valence-corrected chi connectivity index (χ4v) is 1.60. The first-order valence-corrected chi connectivity index (χ1v) is 5.49. The van der Waals surface area contributed by atoms with Gasteiger partial charge in [0.05, 0.1) is 5.56 Å². The topological polar surface area (TPSA) is 30.0 Å². The van der Waals surface area contributed by atoms with E-state index in [1.165, 1.54) is 0 Å². The molecule has 1 aromatic heterocycles. The standard InChI is InChI=1S/C12H6BrF2NO/c13-8-3-1-7(2-4-8)11(17)9-5-6-10(14)16-12(9)15/h1-6H. The van der Waals surface area contributed by atoms with Crippen LogP contribution in [0.3, 0.4) is 0 Å². The highest BCUT2D eigenvalue weighted by Gasteiger charge is 2.15. The van der Waals surface area contributed by atoms with Crippen molar-refractivity contribution in [1.82, 2.24) is 4.98 Å². The molecule has 0 aliphatic rings. The third kappa shape index (κ3) is 2.55. The van der Waals surface area contributed by atoms with Crippen molar-refractivity contribution in [2.24, 2.45) is 0 Å². The zero-order valence-electron chi connectivity index (χ0n) is 8.45. The molecule has 86 valence electrons. The second-order valence-electron chi connectivity index (χ2n) is 3.31. The highest BCUT2D eigenvalue weighted by Crippen LogP contribution is 2.15. The second-order valence-corrected chi connectivity index (χ2v) is 4.22. The number of ketones is 1. The molecule has 1 heterocycles. The minimum Gasteiger partial charge on any atom is -0.288 e. The first-order chi connectivity index (χ1) is 8.08. The monoisotopic (exact) mass is 297 g/mol. The van der Waals surface area contributed by atoms with E-state index >= 15 is 0 Å². The summed E-state index contributed by atoms with van der Waals surface area (Å²) in [5.41, 5.74) is 0.0780. The molecular formula is C12H6BrF2NO. The van der Waals surface area contributed by atoms with Crippen LogP contribution in [0, 0.1) is 11.9 Å². The molecule has 0 amide bonds. The Morgan fingerprint density at radius 3 is 2.29 bits per heavy atom. The van der Waals surface area contributed by atoms with Gasteiger partial charge < -0.3 is 0 Å². The van der Waals surface area contributed by atoms with Gasteiger partial charge in [0.15, 0.2) is 5.78 Å². The fraction of sp³-hybridized carbons (Fsp3) is 0. The molecule has 0 fully saturated rings. The molecule has 0 atom stereocenters. The van der Waals surface area contributed by atoms with Gasteiger partial charge in [-0.15, -0.1) is 0 Å². The molecule has 0 aliphatic heterocycles. The minimum absolute atomic E-state index is 0.242. The van der Waals surface area contributed by atoms with Crippen LogP contribution in [0.4, 0.5) is 8.78 Å². The Labute approximate surface area is 104 Å². The van der Waals surface area contributed by atoms with Crippen LogP contribution in [-0.4, -0.2) is 10.8 Å². The summed E-state index contributed by atoms with van der Waals surface area (Å²) in [6.07, 6.45) is 0. The van der Waals surface area contributed by atoms with E-state index < -0.39 is 17.7 Å². The summed E-state index contributed by atoms with van der Waals surface area (Å²) in [4.78, 5) is 14.8. The molecule has 17 heavy (non-hydrogen) atoms. The zero-order chi connectivity index (χ0) is 12.4. The van der Waals surface area contributed by atoms with Crippen LogP contribution >= 0.6 is 15.9 Å². The van der Waals surface area contributed by atoms with Crippen molar-refractivity contribution in [1.29, 1.82) is 0 Å². The van der Waals surface area contributed by atoms with Crippen molar-refractivity contribution in [3.63, 3.8) is 0 Å². The lowest BCUT2D eigenvalue weighted by molar-refractivity contribution is 0.103. The fourth-order valence-electron chi connectivity index (χ4n) is 1.34. The van der Waals surface area contributed by atoms with Gasteiger partial charge in [-0.05, 0) is 36.4 Å². The first kappa shape index (κ1) is 11.9. The molecule has 5 heteroatoms. The number of aromatic nitrogens is 1. The van der Waals surface area contributed by atoms with E-state index in [-0.39, 0.29) is 5.56 Å². The predicted octanol–water partition coefficient (Wildman–Crippen LogP) is 3.35. The lowest BCUT2D eigenvalue weighted by atomic mass is 10.1. The van der Waals surface area contributed by atoms with E-state index in [1.807, 2.05) is 0 Å². The van der Waals surface area contributed by atoms with Gasteiger partial charge in [0, 0.05) is 10.0 Å².